The van der Waals surface area contributed by atoms with Crippen molar-refractivity contribution in [2.75, 3.05) is 6.54 Å². The van der Waals surface area contributed by atoms with Crippen LogP contribution in [0, 0.1) is 18.2 Å². The monoisotopic (exact) mass is 293 g/mol. The van der Waals surface area contributed by atoms with Gasteiger partial charge in [-0.25, -0.2) is 4.39 Å². The van der Waals surface area contributed by atoms with Crippen molar-refractivity contribution >= 4 is 5.91 Å². The molecule has 2 rings (SSSR count). The van der Waals surface area contributed by atoms with Gasteiger partial charge in [-0.1, -0.05) is 25.5 Å². The predicted molar refractivity (Wildman–Crippen MR) is 80.7 cm³/mol. The van der Waals surface area contributed by atoms with Crippen LogP contribution in [0.4, 0.5) is 4.39 Å². The SMILES string of the molecule is Cc1ccc(F)c(C(=O)NCC2(O)CCC(C)(C)CC2)c1. The Hall–Kier alpha value is -1.42. The maximum Gasteiger partial charge on any atom is 0.254 e. The molecule has 1 saturated carbocycles. The van der Waals surface area contributed by atoms with E-state index in [1.807, 2.05) is 6.92 Å². The smallest absolute Gasteiger partial charge is 0.254 e. The minimum absolute atomic E-state index is 0.0368. The van der Waals surface area contributed by atoms with Crippen LogP contribution >= 0.6 is 0 Å². The van der Waals surface area contributed by atoms with E-state index < -0.39 is 17.3 Å². The van der Waals surface area contributed by atoms with E-state index in [-0.39, 0.29) is 17.5 Å². The van der Waals surface area contributed by atoms with Gasteiger partial charge in [-0.05, 0) is 50.2 Å². The zero-order valence-electron chi connectivity index (χ0n) is 13.0. The number of carbonyl (C=O) groups is 1. The van der Waals surface area contributed by atoms with Gasteiger partial charge < -0.3 is 10.4 Å². The first-order valence-electron chi connectivity index (χ1n) is 7.48. The molecule has 1 fully saturated rings. The highest BCUT2D eigenvalue weighted by atomic mass is 19.1. The summed E-state index contributed by atoms with van der Waals surface area (Å²) < 4.78 is 13.7. The normalized spacial score (nSPS) is 20.0. The van der Waals surface area contributed by atoms with Crippen molar-refractivity contribution in [2.45, 2.75) is 52.1 Å². The Morgan fingerprint density at radius 3 is 2.52 bits per heavy atom. The molecule has 1 aromatic carbocycles. The van der Waals surface area contributed by atoms with Gasteiger partial charge in [-0.3, -0.25) is 4.79 Å². The van der Waals surface area contributed by atoms with Gasteiger partial charge in [-0.15, -0.1) is 0 Å². The van der Waals surface area contributed by atoms with Gasteiger partial charge in [0.25, 0.3) is 5.91 Å². The average Bonchev–Trinajstić information content (AvgIpc) is 2.43. The summed E-state index contributed by atoms with van der Waals surface area (Å²) in [5.41, 5.74) is 0.249. The van der Waals surface area contributed by atoms with E-state index in [1.165, 1.54) is 12.1 Å². The Morgan fingerprint density at radius 2 is 1.90 bits per heavy atom. The van der Waals surface area contributed by atoms with Gasteiger partial charge in [0.2, 0.25) is 0 Å². The lowest BCUT2D eigenvalue weighted by Gasteiger charge is -2.40. The van der Waals surface area contributed by atoms with Crippen molar-refractivity contribution in [3.8, 4) is 0 Å². The number of carbonyl (C=O) groups excluding carboxylic acids is 1. The molecule has 1 aliphatic carbocycles. The van der Waals surface area contributed by atoms with Crippen molar-refractivity contribution < 1.29 is 14.3 Å². The van der Waals surface area contributed by atoms with Crippen LogP contribution < -0.4 is 5.32 Å². The number of nitrogens with one attached hydrogen (secondary N) is 1. The molecule has 0 spiro atoms. The molecule has 21 heavy (non-hydrogen) atoms. The maximum atomic E-state index is 13.7. The fourth-order valence-electron chi connectivity index (χ4n) is 2.72. The highest BCUT2D eigenvalue weighted by Crippen LogP contribution is 2.39. The van der Waals surface area contributed by atoms with Crippen LogP contribution in [0.1, 0.15) is 55.5 Å². The Kier molecular flexibility index (Phi) is 4.38. The molecule has 0 atom stereocenters. The minimum atomic E-state index is -0.870. The van der Waals surface area contributed by atoms with Crippen LogP contribution in [-0.4, -0.2) is 23.2 Å². The van der Waals surface area contributed by atoms with Crippen LogP contribution in [0.25, 0.3) is 0 Å². The van der Waals surface area contributed by atoms with E-state index in [4.69, 9.17) is 0 Å². The standard InChI is InChI=1S/C17H24FNO2/c1-12-4-5-14(18)13(10-12)15(20)19-11-17(21)8-6-16(2,3)7-9-17/h4-5,10,21H,6-9,11H2,1-3H3,(H,19,20). The molecular formula is C17H24FNO2. The molecule has 1 aromatic rings. The summed E-state index contributed by atoms with van der Waals surface area (Å²) in [5, 5.41) is 13.2. The van der Waals surface area contributed by atoms with Gasteiger partial charge in [-0.2, -0.15) is 0 Å². The first-order valence-corrected chi connectivity index (χ1v) is 7.48. The average molecular weight is 293 g/mol. The van der Waals surface area contributed by atoms with Crippen molar-refractivity contribution in [1.29, 1.82) is 0 Å². The van der Waals surface area contributed by atoms with Gasteiger partial charge in [0.15, 0.2) is 0 Å². The Bertz CT molecular complexity index is 530. The predicted octanol–water partition coefficient (Wildman–Crippen LogP) is 3.20. The van der Waals surface area contributed by atoms with Gasteiger partial charge in [0, 0.05) is 6.54 Å². The number of benzene rings is 1. The summed E-state index contributed by atoms with van der Waals surface area (Å²) in [6.45, 7) is 6.36. The Labute approximate surface area is 125 Å². The van der Waals surface area contributed by atoms with Crippen molar-refractivity contribution in [1.82, 2.24) is 5.32 Å². The molecule has 0 aliphatic heterocycles. The van der Waals surface area contributed by atoms with E-state index in [9.17, 15) is 14.3 Å². The lowest BCUT2D eigenvalue weighted by Crippen LogP contribution is -2.46. The zero-order chi connectivity index (χ0) is 15.7. The number of aryl methyl sites for hydroxylation is 1. The van der Waals surface area contributed by atoms with Gasteiger partial charge in [0.1, 0.15) is 5.82 Å². The van der Waals surface area contributed by atoms with Crippen LogP contribution in [0.2, 0.25) is 0 Å². The molecule has 3 nitrogen and oxygen atoms in total. The lowest BCUT2D eigenvalue weighted by molar-refractivity contribution is -0.0233. The fraction of sp³-hybridized carbons (Fsp3) is 0.588. The summed E-state index contributed by atoms with van der Waals surface area (Å²) in [4.78, 5) is 12.1. The number of hydrogen-bond acceptors (Lipinski definition) is 2. The first kappa shape index (κ1) is 16.0. The molecule has 0 aromatic heterocycles. The third-order valence-corrected chi connectivity index (χ3v) is 4.48. The third kappa shape index (κ3) is 4.03. The lowest BCUT2D eigenvalue weighted by atomic mass is 9.71. The summed E-state index contributed by atoms with van der Waals surface area (Å²) in [7, 11) is 0. The Morgan fingerprint density at radius 1 is 1.29 bits per heavy atom. The molecule has 0 unspecified atom stereocenters. The second-order valence-corrected chi connectivity index (χ2v) is 7.05. The topological polar surface area (TPSA) is 49.3 Å². The van der Waals surface area contributed by atoms with Crippen molar-refractivity contribution in [2.24, 2.45) is 5.41 Å². The second kappa shape index (κ2) is 5.76. The summed E-state index contributed by atoms with van der Waals surface area (Å²) in [5.74, 6) is -0.996. The maximum absolute atomic E-state index is 13.7. The first-order chi connectivity index (χ1) is 9.71. The number of rotatable bonds is 3. The van der Waals surface area contributed by atoms with Crippen LogP contribution in [0.5, 0.6) is 0 Å². The Balaban J connectivity index is 1.97. The van der Waals surface area contributed by atoms with Crippen molar-refractivity contribution in [3.63, 3.8) is 0 Å². The van der Waals surface area contributed by atoms with Crippen molar-refractivity contribution in [3.05, 3.63) is 35.1 Å². The summed E-state index contributed by atoms with van der Waals surface area (Å²) in [6.07, 6.45) is 3.18. The molecule has 2 N–H and O–H groups in total. The molecule has 1 aliphatic rings. The number of hydrogen-bond donors (Lipinski definition) is 2. The minimum Gasteiger partial charge on any atom is -0.388 e. The molecule has 0 heterocycles. The molecule has 0 radical (unpaired) electrons. The van der Waals surface area contributed by atoms with E-state index in [2.05, 4.69) is 19.2 Å². The fourth-order valence-corrected chi connectivity index (χ4v) is 2.72. The molecule has 0 saturated heterocycles. The van der Waals surface area contributed by atoms with Crippen LogP contribution in [0.3, 0.4) is 0 Å². The molecule has 1 amide bonds. The third-order valence-electron chi connectivity index (χ3n) is 4.48. The highest BCUT2D eigenvalue weighted by Gasteiger charge is 2.36. The number of halogens is 1. The number of amides is 1. The molecule has 116 valence electrons. The quantitative estimate of drug-likeness (QED) is 0.899. The van der Waals surface area contributed by atoms with E-state index in [0.717, 1.165) is 18.4 Å². The van der Waals surface area contributed by atoms with Crippen LogP contribution in [0.15, 0.2) is 18.2 Å². The molecule has 4 heteroatoms. The van der Waals surface area contributed by atoms with E-state index >= 15 is 0 Å². The van der Waals surface area contributed by atoms with E-state index in [0.29, 0.717) is 12.8 Å². The van der Waals surface area contributed by atoms with Crippen LogP contribution in [-0.2, 0) is 0 Å². The van der Waals surface area contributed by atoms with Gasteiger partial charge >= 0.3 is 0 Å². The summed E-state index contributed by atoms with van der Waals surface area (Å²) in [6, 6.07) is 4.45. The highest BCUT2D eigenvalue weighted by molar-refractivity contribution is 5.94. The molecule has 0 bridgehead atoms. The summed E-state index contributed by atoms with van der Waals surface area (Å²) >= 11 is 0. The second-order valence-electron chi connectivity index (χ2n) is 7.05. The number of aliphatic hydroxyl groups is 1. The zero-order valence-corrected chi connectivity index (χ0v) is 13.0. The largest absolute Gasteiger partial charge is 0.388 e. The molecular weight excluding hydrogens is 269 g/mol. The van der Waals surface area contributed by atoms with E-state index in [1.54, 1.807) is 6.07 Å². The van der Waals surface area contributed by atoms with Gasteiger partial charge in [0.05, 0.1) is 11.2 Å².